The number of amides is 1. The Morgan fingerprint density at radius 3 is 1.85 bits per heavy atom. The van der Waals surface area contributed by atoms with Crippen LogP contribution in [0.1, 0.15) is 76.3 Å². The Balaban J connectivity index is 1.56. The number of unbranched alkanes of at least 4 members (excludes halogenated alkanes) is 3. The van der Waals surface area contributed by atoms with Crippen molar-refractivity contribution in [3.05, 3.63) is 69.8 Å². The number of alkyl carbamates (subject to hydrolysis) is 1. The Bertz CT molecular complexity index is 872. The van der Waals surface area contributed by atoms with E-state index in [1.54, 1.807) is 0 Å². The van der Waals surface area contributed by atoms with Gasteiger partial charge in [0, 0.05) is 0 Å². The molecule has 3 rings (SSSR count). The van der Waals surface area contributed by atoms with Crippen LogP contribution in [0.2, 0.25) is 13.3 Å². The summed E-state index contributed by atoms with van der Waals surface area (Å²) >= 11 is -2.29. The second-order valence-corrected chi connectivity index (χ2v) is 22.8. The van der Waals surface area contributed by atoms with Gasteiger partial charge in [-0.25, -0.2) is 0 Å². The second kappa shape index (κ2) is 14.0. The van der Waals surface area contributed by atoms with Crippen molar-refractivity contribution < 1.29 is 9.53 Å². The number of hydrogen-bond donors (Lipinski definition) is 1. The zero-order valence-electron chi connectivity index (χ0n) is 21.4. The van der Waals surface area contributed by atoms with Crippen LogP contribution < -0.4 is 5.32 Å². The Morgan fingerprint density at radius 1 is 0.853 bits per heavy atom. The first-order chi connectivity index (χ1) is 16.6. The fraction of sp³-hybridized carbons (Fsp3) is 0.500. The van der Waals surface area contributed by atoms with Crippen molar-refractivity contribution in [2.45, 2.75) is 78.5 Å². The maximum atomic E-state index is 12.5. The number of carbonyl (C=O) groups is 1. The van der Waals surface area contributed by atoms with Crippen LogP contribution in [0, 0.1) is 0 Å². The second-order valence-electron chi connectivity index (χ2n) is 9.78. The van der Waals surface area contributed by atoms with Gasteiger partial charge < -0.3 is 0 Å². The average Bonchev–Trinajstić information content (AvgIpc) is 3.19. The molecule has 1 N–H and O–H groups in total. The van der Waals surface area contributed by atoms with Crippen molar-refractivity contribution in [3.63, 3.8) is 0 Å². The van der Waals surface area contributed by atoms with Crippen LogP contribution in [0.4, 0.5) is 4.79 Å². The molecule has 1 aliphatic rings. The molecule has 0 spiro atoms. The Kier molecular flexibility index (Phi) is 11.0. The molecule has 2 aromatic carbocycles. The maximum absolute atomic E-state index is 12.5. The van der Waals surface area contributed by atoms with Gasteiger partial charge in [0.05, 0.1) is 0 Å². The molecule has 0 radical (unpaired) electrons. The van der Waals surface area contributed by atoms with E-state index in [0.29, 0.717) is 13.2 Å². The van der Waals surface area contributed by atoms with E-state index in [0.717, 1.165) is 0 Å². The van der Waals surface area contributed by atoms with Crippen LogP contribution in [-0.2, 0) is 4.74 Å². The molecular formula is C30H43NO2Sn. The minimum atomic E-state index is -2.29. The third-order valence-electron chi connectivity index (χ3n) is 7.26. The normalized spacial score (nSPS) is 13.1. The molecule has 0 atom stereocenters. The molecule has 0 saturated carbocycles. The summed E-state index contributed by atoms with van der Waals surface area (Å²) in [5, 5.41) is 2.98. The van der Waals surface area contributed by atoms with Crippen LogP contribution >= 0.6 is 0 Å². The van der Waals surface area contributed by atoms with E-state index in [4.69, 9.17) is 4.74 Å². The zero-order valence-corrected chi connectivity index (χ0v) is 24.3. The zero-order chi connectivity index (χ0) is 24.2. The van der Waals surface area contributed by atoms with Crippen molar-refractivity contribution in [3.8, 4) is 11.1 Å². The van der Waals surface area contributed by atoms with E-state index in [9.17, 15) is 4.79 Å². The molecule has 4 heteroatoms. The van der Waals surface area contributed by atoms with Crippen molar-refractivity contribution in [1.29, 1.82) is 0 Å². The van der Waals surface area contributed by atoms with Crippen LogP contribution in [0.3, 0.4) is 0 Å². The monoisotopic (exact) mass is 569 g/mol. The van der Waals surface area contributed by atoms with Gasteiger partial charge in [-0.05, 0) is 0 Å². The Hall–Kier alpha value is -1.75. The summed E-state index contributed by atoms with van der Waals surface area (Å²) in [5.41, 5.74) is 5.01. The Labute approximate surface area is 211 Å². The van der Waals surface area contributed by atoms with E-state index >= 15 is 0 Å². The van der Waals surface area contributed by atoms with E-state index in [1.807, 2.05) is 0 Å². The van der Waals surface area contributed by atoms with Crippen LogP contribution in [0.5, 0.6) is 0 Å². The minimum absolute atomic E-state index is 0.106. The summed E-state index contributed by atoms with van der Waals surface area (Å²) in [4.78, 5) is 12.5. The molecule has 0 aromatic heterocycles. The summed E-state index contributed by atoms with van der Waals surface area (Å²) in [6.45, 7) is 7.85. The third kappa shape index (κ3) is 7.13. The van der Waals surface area contributed by atoms with Gasteiger partial charge in [0.25, 0.3) is 0 Å². The number of benzene rings is 2. The molecule has 3 nitrogen and oxygen atoms in total. The first-order valence-corrected chi connectivity index (χ1v) is 21.1. The predicted molar refractivity (Wildman–Crippen MR) is 147 cm³/mol. The SMILES string of the molecule is CCC[CH2][Sn](/[CH]=C/CNC(=O)OCC1c2ccccc2-c2ccccc21)([CH2]CCC)[CH2]CCC. The standard InChI is InChI=1S/C18H16NO2.3C4H9.Sn/c1-2-11-19-18(20)21-12-17-15-9-5-3-7-13(15)14-8-4-6-10-16(14)17;3*1-3-4-2;/h1-10,17H,11-12H2,(H,19,20);3*1,3-4H2,2H3;. The number of ether oxygens (including phenoxy) is 1. The molecule has 0 unspecified atom stereocenters. The van der Waals surface area contributed by atoms with E-state index in [1.165, 1.54) is 74.1 Å². The van der Waals surface area contributed by atoms with Gasteiger partial charge in [0.2, 0.25) is 0 Å². The summed E-state index contributed by atoms with van der Waals surface area (Å²) in [6, 6.07) is 16.9. The fourth-order valence-electron chi connectivity index (χ4n) is 5.31. The van der Waals surface area contributed by atoms with E-state index in [2.05, 4.69) is 84.8 Å². The number of hydrogen-bond acceptors (Lipinski definition) is 2. The average molecular weight is 568 g/mol. The molecular weight excluding hydrogens is 525 g/mol. The number of nitrogens with one attached hydrogen (secondary N) is 1. The van der Waals surface area contributed by atoms with Gasteiger partial charge in [-0.3, -0.25) is 0 Å². The molecule has 1 amide bonds. The van der Waals surface area contributed by atoms with Gasteiger partial charge in [0.15, 0.2) is 0 Å². The topological polar surface area (TPSA) is 38.3 Å². The van der Waals surface area contributed by atoms with Crippen molar-refractivity contribution in [2.75, 3.05) is 13.2 Å². The molecule has 0 heterocycles. The molecule has 0 fully saturated rings. The Morgan fingerprint density at radius 2 is 1.35 bits per heavy atom. The number of carbonyl (C=O) groups excluding carboxylic acids is 1. The summed E-state index contributed by atoms with van der Waals surface area (Å²) < 4.78 is 12.7. The molecule has 0 aliphatic heterocycles. The van der Waals surface area contributed by atoms with Crippen molar-refractivity contribution in [2.24, 2.45) is 0 Å². The quantitative estimate of drug-likeness (QED) is 0.232. The van der Waals surface area contributed by atoms with Crippen molar-refractivity contribution in [1.82, 2.24) is 5.32 Å². The molecule has 0 bridgehead atoms. The summed E-state index contributed by atoms with van der Waals surface area (Å²) in [7, 11) is 0. The van der Waals surface area contributed by atoms with Gasteiger partial charge >= 0.3 is 212 Å². The van der Waals surface area contributed by atoms with Gasteiger partial charge in [-0.1, -0.05) is 0 Å². The van der Waals surface area contributed by atoms with Gasteiger partial charge in [-0.2, -0.15) is 0 Å². The van der Waals surface area contributed by atoms with Crippen LogP contribution in [0.15, 0.2) is 58.7 Å². The van der Waals surface area contributed by atoms with E-state index < -0.39 is 18.4 Å². The van der Waals surface area contributed by atoms with Gasteiger partial charge in [-0.15, -0.1) is 0 Å². The van der Waals surface area contributed by atoms with Crippen LogP contribution in [-0.4, -0.2) is 37.6 Å². The van der Waals surface area contributed by atoms with Gasteiger partial charge in [0.1, 0.15) is 0 Å². The predicted octanol–water partition coefficient (Wildman–Crippen LogP) is 8.47. The van der Waals surface area contributed by atoms with E-state index in [-0.39, 0.29) is 12.0 Å². The summed E-state index contributed by atoms with van der Waals surface area (Å²) in [5.74, 6) is 0.106. The molecule has 2 aromatic rings. The third-order valence-corrected chi connectivity index (χ3v) is 21.5. The molecule has 184 valence electrons. The first-order valence-electron chi connectivity index (χ1n) is 13.4. The number of rotatable bonds is 14. The summed E-state index contributed by atoms with van der Waals surface area (Å²) in [6.07, 6.45) is 9.84. The molecule has 0 saturated heterocycles. The molecule has 34 heavy (non-hydrogen) atoms. The van der Waals surface area contributed by atoms with Crippen LogP contribution in [0.25, 0.3) is 11.1 Å². The molecule has 1 aliphatic carbocycles. The number of fused-ring (bicyclic) bond motifs is 3. The fourth-order valence-corrected chi connectivity index (χ4v) is 19.7. The van der Waals surface area contributed by atoms with Crippen molar-refractivity contribution >= 4 is 24.5 Å². The first kappa shape index (κ1) is 26.8.